The molecule has 120 valence electrons. The van der Waals surface area contributed by atoms with E-state index in [9.17, 15) is 9.59 Å². The van der Waals surface area contributed by atoms with Crippen LogP contribution in [-0.4, -0.2) is 50.0 Å². The van der Waals surface area contributed by atoms with Gasteiger partial charge in [-0.2, -0.15) is 0 Å². The summed E-state index contributed by atoms with van der Waals surface area (Å²) in [6, 6.07) is 7.72. The molecule has 1 amide bonds. The fourth-order valence-electron chi connectivity index (χ4n) is 2.87. The SMILES string of the molecule is Cc1cccc(-n2cc(C(=O)N3C[C@@H](C)[C@H](C(=O)O)C3)nn2)c1. The summed E-state index contributed by atoms with van der Waals surface area (Å²) in [7, 11) is 0. The molecule has 1 aliphatic heterocycles. The summed E-state index contributed by atoms with van der Waals surface area (Å²) in [6.45, 7) is 4.46. The molecule has 0 unspecified atom stereocenters. The lowest BCUT2D eigenvalue weighted by molar-refractivity contribution is -0.142. The van der Waals surface area contributed by atoms with Gasteiger partial charge in [0.2, 0.25) is 0 Å². The highest BCUT2D eigenvalue weighted by molar-refractivity contribution is 5.92. The highest BCUT2D eigenvalue weighted by Crippen LogP contribution is 2.24. The van der Waals surface area contributed by atoms with Crippen molar-refractivity contribution in [3.8, 4) is 5.69 Å². The Hall–Kier alpha value is -2.70. The van der Waals surface area contributed by atoms with Gasteiger partial charge in [-0.15, -0.1) is 5.10 Å². The molecule has 1 aromatic heterocycles. The van der Waals surface area contributed by atoms with Gasteiger partial charge in [0.1, 0.15) is 0 Å². The molecule has 1 aliphatic rings. The van der Waals surface area contributed by atoms with Crippen LogP contribution in [0.25, 0.3) is 5.69 Å². The number of carboxylic acid groups (broad SMARTS) is 1. The topological polar surface area (TPSA) is 88.3 Å². The number of aromatic nitrogens is 3. The van der Waals surface area contributed by atoms with Crippen molar-refractivity contribution in [3.05, 3.63) is 41.7 Å². The van der Waals surface area contributed by atoms with Crippen molar-refractivity contribution in [1.82, 2.24) is 19.9 Å². The molecule has 1 saturated heterocycles. The maximum atomic E-state index is 12.5. The van der Waals surface area contributed by atoms with Crippen molar-refractivity contribution in [3.63, 3.8) is 0 Å². The Morgan fingerprint density at radius 3 is 2.74 bits per heavy atom. The zero-order valence-corrected chi connectivity index (χ0v) is 13.0. The van der Waals surface area contributed by atoms with E-state index in [1.54, 1.807) is 10.9 Å². The predicted molar refractivity (Wildman–Crippen MR) is 82.3 cm³/mol. The molecule has 1 fully saturated rings. The average Bonchev–Trinajstić information content (AvgIpc) is 3.13. The number of aryl methyl sites for hydroxylation is 1. The lowest BCUT2D eigenvalue weighted by Crippen LogP contribution is -2.30. The second-order valence-corrected chi connectivity index (χ2v) is 6.02. The molecule has 1 N–H and O–H groups in total. The van der Waals surface area contributed by atoms with Gasteiger partial charge in [-0.05, 0) is 30.5 Å². The smallest absolute Gasteiger partial charge is 0.308 e. The molecule has 0 bridgehead atoms. The molecular weight excluding hydrogens is 296 g/mol. The second kappa shape index (κ2) is 5.83. The maximum absolute atomic E-state index is 12.5. The van der Waals surface area contributed by atoms with Gasteiger partial charge in [0.05, 0.1) is 17.8 Å². The van der Waals surface area contributed by atoms with Gasteiger partial charge in [0.15, 0.2) is 5.69 Å². The fourth-order valence-corrected chi connectivity index (χ4v) is 2.87. The summed E-state index contributed by atoms with van der Waals surface area (Å²) in [5, 5.41) is 17.1. The van der Waals surface area contributed by atoms with E-state index in [4.69, 9.17) is 5.11 Å². The number of amides is 1. The van der Waals surface area contributed by atoms with E-state index in [-0.39, 0.29) is 24.1 Å². The number of hydrogen-bond donors (Lipinski definition) is 1. The number of nitrogens with zero attached hydrogens (tertiary/aromatic N) is 4. The third kappa shape index (κ3) is 2.94. The first-order valence-electron chi connectivity index (χ1n) is 7.47. The molecule has 1 aromatic carbocycles. The third-order valence-corrected chi connectivity index (χ3v) is 4.20. The van der Waals surface area contributed by atoms with Gasteiger partial charge in [-0.25, -0.2) is 4.68 Å². The van der Waals surface area contributed by atoms with Gasteiger partial charge >= 0.3 is 5.97 Å². The number of carboxylic acids is 1. The molecule has 0 radical (unpaired) electrons. The lowest BCUT2D eigenvalue weighted by atomic mass is 9.99. The van der Waals surface area contributed by atoms with E-state index in [2.05, 4.69) is 10.3 Å². The van der Waals surface area contributed by atoms with Crippen LogP contribution in [0.2, 0.25) is 0 Å². The zero-order valence-electron chi connectivity index (χ0n) is 13.0. The van der Waals surface area contributed by atoms with Gasteiger partial charge in [0, 0.05) is 13.1 Å². The van der Waals surface area contributed by atoms with Crippen LogP contribution in [0.4, 0.5) is 0 Å². The molecule has 0 aliphatic carbocycles. The normalized spacial score (nSPS) is 20.7. The van der Waals surface area contributed by atoms with Crippen LogP contribution in [0.5, 0.6) is 0 Å². The van der Waals surface area contributed by atoms with E-state index in [0.717, 1.165) is 11.3 Å². The Bertz CT molecular complexity index is 755. The Morgan fingerprint density at radius 2 is 2.09 bits per heavy atom. The van der Waals surface area contributed by atoms with Crippen LogP contribution >= 0.6 is 0 Å². The van der Waals surface area contributed by atoms with Crippen molar-refractivity contribution >= 4 is 11.9 Å². The lowest BCUT2D eigenvalue weighted by Gasteiger charge is -2.13. The van der Waals surface area contributed by atoms with Crippen LogP contribution in [0.1, 0.15) is 23.0 Å². The standard InChI is InChI=1S/C16H18N4O3/c1-10-4-3-5-12(6-10)20-9-14(17-18-20)15(21)19-7-11(2)13(8-19)16(22)23/h3-6,9,11,13H,7-8H2,1-2H3,(H,22,23)/t11-,13-/m1/s1. The summed E-state index contributed by atoms with van der Waals surface area (Å²) < 4.78 is 1.55. The molecule has 0 saturated carbocycles. The van der Waals surface area contributed by atoms with E-state index in [1.165, 1.54) is 4.90 Å². The average molecular weight is 314 g/mol. The van der Waals surface area contributed by atoms with E-state index in [0.29, 0.717) is 6.54 Å². The van der Waals surface area contributed by atoms with Crippen LogP contribution in [0.3, 0.4) is 0 Å². The number of likely N-dealkylation sites (tertiary alicyclic amines) is 1. The molecule has 2 heterocycles. The maximum Gasteiger partial charge on any atom is 0.308 e. The van der Waals surface area contributed by atoms with Crippen molar-refractivity contribution in [2.24, 2.45) is 11.8 Å². The first kappa shape index (κ1) is 15.2. The summed E-state index contributed by atoms with van der Waals surface area (Å²) in [4.78, 5) is 25.2. The fraction of sp³-hybridized carbons (Fsp3) is 0.375. The molecule has 7 nitrogen and oxygen atoms in total. The van der Waals surface area contributed by atoms with Gasteiger partial charge < -0.3 is 10.0 Å². The summed E-state index contributed by atoms with van der Waals surface area (Å²) in [6.07, 6.45) is 1.58. The zero-order chi connectivity index (χ0) is 16.6. The Morgan fingerprint density at radius 1 is 1.30 bits per heavy atom. The number of hydrogen-bond acceptors (Lipinski definition) is 4. The van der Waals surface area contributed by atoms with Gasteiger partial charge in [0.25, 0.3) is 5.91 Å². The first-order chi connectivity index (χ1) is 11.0. The summed E-state index contributed by atoms with van der Waals surface area (Å²) >= 11 is 0. The minimum Gasteiger partial charge on any atom is -0.481 e. The minimum atomic E-state index is -0.865. The van der Waals surface area contributed by atoms with Crippen molar-refractivity contribution < 1.29 is 14.7 Å². The quantitative estimate of drug-likeness (QED) is 0.924. The molecule has 23 heavy (non-hydrogen) atoms. The Kier molecular flexibility index (Phi) is 3.85. The highest BCUT2D eigenvalue weighted by Gasteiger charge is 2.37. The van der Waals surface area contributed by atoms with Crippen molar-refractivity contribution in [2.75, 3.05) is 13.1 Å². The van der Waals surface area contributed by atoms with Crippen LogP contribution in [0, 0.1) is 18.8 Å². The van der Waals surface area contributed by atoms with Crippen molar-refractivity contribution in [2.45, 2.75) is 13.8 Å². The molecule has 3 rings (SSSR count). The van der Waals surface area contributed by atoms with Crippen LogP contribution in [0.15, 0.2) is 30.5 Å². The largest absolute Gasteiger partial charge is 0.481 e. The Labute approximate surface area is 133 Å². The van der Waals surface area contributed by atoms with E-state index in [1.807, 2.05) is 38.1 Å². The van der Waals surface area contributed by atoms with E-state index >= 15 is 0 Å². The Balaban J connectivity index is 1.78. The van der Waals surface area contributed by atoms with Crippen LogP contribution < -0.4 is 0 Å². The molecule has 7 heteroatoms. The number of benzene rings is 1. The monoisotopic (exact) mass is 314 g/mol. The van der Waals surface area contributed by atoms with Crippen LogP contribution in [-0.2, 0) is 4.79 Å². The number of aliphatic carboxylic acids is 1. The number of rotatable bonds is 3. The molecular formula is C16H18N4O3. The third-order valence-electron chi connectivity index (χ3n) is 4.20. The summed E-state index contributed by atoms with van der Waals surface area (Å²) in [5.74, 6) is -1.73. The van der Waals surface area contributed by atoms with Gasteiger partial charge in [-0.3, -0.25) is 9.59 Å². The summed E-state index contributed by atoms with van der Waals surface area (Å²) in [5.41, 5.74) is 2.14. The predicted octanol–water partition coefficient (Wildman–Crippen LogP) is 1.37. The molecule has 2 atom stereocenters. The van der Waals surface area contributed by atoms with Crippen molar-refractivity contribution in [1.29, 1.82) is 0 Å². The minimum absolute atomic E-state index is 0.0664. The first-order valence-corrected chi connectivity index (χ1v) is 7.47. The number of carbonyl (C=O) groups excluding carboxylic acids is 1. The highest BCUT2D eigenvalue weighted by atomic mass is 16.4. The molecule has 2 aromatic rings. The van der Waals surface area contributed by atoms with Gasteiger partial charge in [-0.1, -0.05) is 24.3 Å². The number of carbonyl (C=O) groups is 2. The van der Waals surface area contributed by atoms with E-state index < -0.39 is 11.9 Å². The molecule has 0 spiro atoms. The second-order valence-electron chi connectivity index (χ2n) is 6.02.